The molecule has 4 N–H and O–H groups in total. The lowest BCUT2D eigenvalue weighted by atomic mass is 9.81. The number of aliphatic hydroxyl groups is 2. The molecule has 9 heteroatoms. The molecule has 2 fully saturated rings. The van der Waals surface area contributed by atoms with Gasteiger partial charge in [0.1, 0.15) is 29.7 Å². The van der Waals surface area contributed by atoms with Gasteiger partial charge in [-0.2, -0.15) is 0 Å². The second-order valence-corrected chi connectivity index (χ2v) is 8.86. The zero-order valence-corrected chi connectivity index (χ0v) is 17.5. The highest BCUT2D eigenvalue weighted by Gasteiger charge is 2.55. The molecule has 1 aliphatic heterocycles. The molecule has 32 heavy (non-hydrogen) atoms. The first-order valence-electron chi connectivity index (χ1n) is 10.9. The maximum Gasteiger partial charge on any atom is 0.224 e. The molecule has 1 aliphatic carbocycles. The number of amides is 1. The van der Waals surface area contributed by atoms with Crippen LogP contribution in [0.2, 0.25) is 0 Å². The Morgan fingerprint density at radius 1 is 1.28 bits per heavy atom. The lowest BCUT2D eigenvalue weighted by molar-refractivity contribution is -0.130. The topological polar surface area (TPSA) is 114 Å². The Balaban J connectivity index is 1.29. The number of hydrogen-bond acceptors (Lipinski definition) is 6. The molecule has 3 heterocycles. The van der Waals surface area contributed by atoms with Gasteiger partial charge in [0.05, 0.1) is 18.0 Å². The number of fused-ring (bicyclic) bond motifs is 1. The fourth-order valence-corrected chi connectivity index (χ4v) is 4.93. The Kier molecular flexibility index (Phi) is 5.30. The lowest BCUT2D eigenvalue weighted by Crippen LogP contribution is -2.51. The number of carbonyl (C=O) groups is 1. The van der Waals surface area contributed by atoms with Crippen molar-refractivity contribution < 1.29 is 19.4 Å². The Labute approximate surface area is 184 Å². The van der Waals surface area contributed by atoms with Crippen molar-refractivity contribution in [2.24, 2.45) is 11.3 Å². The van der Waals surface area contributed by atoms with Gasteiger partial charge in [0, 0.05) is 25.2 Å². The monoisotopic (exact) mass is 439 g/mol. The molecule has 1 saturated heterocycles. The summed E-state index contributed by atoms with van der Waals surface area (Å²) in [5.41, 5.74) is 1.11. The third kappa shape index (κ3) is 3.71. The Morgan fingerprint density at radius 3 is 2.78 bits per heavy atom. The van der Waals surface area contributed by atoms with Gasteiger partial charge in [0.25, 0.3) is 0 Å². The minimum absolute atomic E-state index is 0.128. The average Bonchev–Trinajstić information content (AvgIpc) is 3.38. The van der Waals surface area contributed by atoms with E-state index in [-0.39, 0.29) is 17.2 Å². The predicted molar refractivity (Wildman–Crippen MR) is 116 cm³/mol. The number of carbonyl (C=O) groups excluding carboxylic acids is 1. The summed E-state index contributed by atoms with van der Waals surface area (Å²) in [5, 5.41) is 24.2. The van der Waals surface area contributed by atoms with Crippen molar-refractivity contribution in [1.29, 1.82) is 0 Å². The molecule has 2 aliphatic rings. The first-order chi connectivity index (χ1) is 15.5. The normalized spacial score (nSPS) is 21.5. The van der Waals surface area contributed by atoms with Crippen molar-refractivity contribution in [3.8, 4) is 0 Å². The van der Waals surface area contributed by atoms with Crippen molar-refractivity contribution in [1.82, 2.24) is 20.3 Å². The second-order valence-electron chi connectivity index (χ2n) is 8.86. The van der Waals surface area contributed by atoms with E-state index in [0.29, 0.717) is 18.5 Å². The van der Waals surface area contributed by atoms with Gasteiger partial charge in [-0.25, -0.2) is 14.4 Å². The van der Waals surface area contributed by atoms with Crippen LogP contribution in [0.25, 0.3) is 11.0 Å². The molecule has 168 valence electrons. The molecule has 0 unspecified atom stereocenters. The Bertz CT molecular complexity index is 1110. The van der Waals surface area contributed by atoms with Crippen LogP contribution in [0.5, 0.6) is 0 Å². The van der Waals surface area contributed by atoms with Crippen LogP contribution in [-0.2, 0) is 4.79 Å². The number of aliphatic hydroxyl groups excluding tert-OH is 2. The SMILES string of the molecule is O=C(N[C@H](CO)[C@@H](O)c1ccc(F)cc1)[C@H]1CCN(c2ncnc3[nH]ccc23)CC12CC2. The highest BCUT2D eigenvalue weighted by molar-refractivity contribution is 5.88. The average molecular weight is 439 g/mol. The number of hydrogen-bond donors (Lipinski definition) is 4. The van der Waals surface area contributed by atoms with Crippen molar-refractivity contribution in [3.63, 3.8) is 0 Å². The number of anilines is 1. The van der Waals surface area contributed by atoms with Crippen LogP contribution in [0.1, 0.15) is 30.9 Å². The van der Waals surface area contributed by atoms with Crippen molar-refractivity contribution in [2.75, 3.05) is 24.6 Å². The smallest absolute Gasteiger partial charge is 0.224 e. The summed E-state index contributed by atoms with van der Waals surface area (Å²) in [4.78, 5) is 27.3. The number of rotatable bonds is 6. The molecule has 2 aromatic heterocycles. The maximum atomic E-state index is 13.2. The van der Waals surface area contributed by atoms with Gasteiger partial charge in [-0.05, 0) is 48.4 Å². The molecule has 5 rings (SSSR count). The molecule has 1 saturated carbocycles. The van der Waals surface area contributed by atoms with E-state index in [1.54, 1.807) is 6.33 Å². The third-order valence-corrected chi connectivity index (χ3v) is 6.89. The first-order valence-corrected chi connectivity index (χ1v) is 10.9. The largest absolute Gasteiger partial charge is 0.394 e. The third-order valence-electron chi connectivity index (χ3n) is 6.89. The fourth-order valence-electron chi connectivity index (χ4n) is 4.93. The minimum Gasteiger partial charge on any atom is -0.394 e. The van der Waals surface area contributed by atoms with Gasteiger partial charge in [-0.1, -0.05) is 12.1 Å². The maximum absolute atomic E-state index is 13.2. The van der Waals surface area contributed by atoms with Gasteiger partial charge in [-0.15, -0.1) is 0 Å². The number of nitrogens with zero attached hydrogens (tertiary/aromatic N) is 3. The molecule has 3 aromatic rings. The minimum atomic E-state index is -1.12. The summed E-state index contributed by atoms with van der Waals surface area (Å²) < 4.78 is 13.2. The molecule has 8 nitrogen and oxygen atoms in total. The van der Waals surface area contributed by atoms with Crippen molar-refractivity contribution >= 4 is 22.8 Å². The number of H-pyrrole nitrogens is 1. The van der Waals surface area contributed by atoms with E-state index in [1.165, 1.54) is 24.3 Å². The van der Waals surface area contributed by atoms with Crippen LogP contribution in [0.3, 0.4) is 0 Å². The van der Waals surface area contributed by atoms with E-state index < -0.39 is 24.6 Å². The van der Waals surface area contributed by atoms with Crippen molar-refractivity contribution in [3.05, 3.63) is 54.2 Å². The molecular weight excluding hydrogens is 413 g/mol. The van der Waals surface area contributed by atoms with E-state index in [1.807, 2.05) is 12.3 Å². The van der Waals surface area contributed by atoms with Gasteiger partial charge < -0.3 is 25.4 Å². The molecule has 1 amide bonds. The Hall–Kier alpha value is -3.04. The number of halogens is 1. The van der Waals surface area contributed by atoms with E-state index in [2.05, 4.69) is 25.2 Å². The highest BCUT2D eigenvalue weighted by Crippen LogP contribution is 2.56. The number of aromatic nitrogens is 3. The number of benzene rings is 1. The van der Waals surface area contributed by atoms with E-state index in [4.69, 9.17) is 0 Å². The second kappa shape index (κ2) is 8.14. The summed E-state index contributed by atoms with van der Waals surface area (Å²) in [6.45, 7) is 0.997. The standard InChI is InChI=1S/C23H26FN5O3/c24-15-3-1-14(2-4-15)19(31)18(11-30)28-22(32)17-6-10-29(12-23(17)7-8-23)21-16-5-9-25-20(16)26-13-27-21/h1-5,9,13,17-19,30-31H,6-8,10-12H2,(H,28,32)(H,25,26,27)/t17-,18-,19+/m1/s1. The van der Waals surface area contributed by atoms with Gasteiger partial charge in [-0.3, -0.25) is 4.79 Å². The van der Waals surface area contributed by atoms with Gasteiger partial charge in [0.2, 0.25) is 5.91 Å². The van der Waals surface area contributed by atoms with Crippen molar-refractivity contribution in [2.45, 2.75) is 31.4 Å². The molecule has 1 aromatic carbocycles. The number of aromatic amines is 1. The quantitative estimate of drug-likeness (QED) is 0.467. The lowest BCUT2D eigenvalue weighted by Gasteiger charge is -2.39. The number of piperidine rings is 1. The summed E-state index contributed by atoms with van der Waals surface area (Å²) >= 11 is 0. The van der Waals surface area contributed by atoms with Crippen LogP contribution in [0, 0.1) is 17.2 Å². The van der Waals surface area contributed by atoms with Gasteiger partial charge in [0.15, 0.2) is 0 Å². The summed E-state index contributed by atoms with van der Waals surface area (Å²) in [5.74, 6) is 0.114. The summed E-state index contributed by atoms with van der Waals surface area (Å²) in [6, 6.07) is 6.52. The Morgan fingerprint density at radius 2 is 2.06 bits per heavy atom. The van der Waals surface area contributed by atoms with Gasteiger partial charge >= 0.3 is 0 Å². The van der Waals surface area contributed by atoms with Crippen LogP contribution >= 0.6 is 0 Å². The zero-order chi connectivity index (χ0) is 22.3. The van der Waals surface area contributed by atoms with Crippen LogP contribution in [0.15, 0.2) is 42.9 Å². The molecule has 1 spiro atoms. The fraction of sp³-hybridized carbons (Fsp3) is 0.435. The molecular formula is C23H26FN5O3. The highest BCUT2D eigenvalue weighted by atomic mass is 19.1. The summed E-state index contributed by atoms with van der Waals surface area (Å²) in [7, 11) is 0. The molecule has 0 bridgehead atoms. The molecule has 3 atom stereocenters. The van der Waals surface area contributed by atoms with E-state index in [0.717, 1.165) is 36.2 Å². The predicted octanol–water partition coefficient (Wildman–Crippen LogP) is 1.91. The van der Waals surface area contributed by atoms with E-state index >= 15 is 0 Å². The van der Waals surface area contributed by atoms with E-state index in [9.17, 15) is 19.4 Å². The molecule has 0 radical (unpaired) electrons. The van der Waals surface area contributed by atoms with Crippen LogP contribution in [0.4, 0.5) is 10.2 Å². The van der Waals surface area contributed by atoms with Crippen LogP contribution in [-0.4, -0.2) is 56.8 Å². The summed E-state index contributed by atoms with van der Waals surface area (Å²) in [6.07, 6.45) is 4.84. The first kappa shape index (κ1) is 20.8. The van der Waals surface area contributed by atoms with Crippen LogP contribution < -0.4 is 10.2 Å². The zero-order valence-electron chi connectivity index (χ0n) is 17.5. The number of nitrogens with one attached hydrogen (secondary N) is 2.